The molecule has 2 saturated carbocycles. The zero-order valence-corrected chi connectivity index (χ0v) is 21.9. The number of alkyl halides is 3. The Morgan fingerprint density at radius 1 is 1.15 bits per heavy atom. The summed E-state index contributed by atoms with van der Waals surface area (Å²) < 4.78 is 41.5. The van der Waals surface area contributed by atoms with E-state index in [1.165, 1.54) is 35.7 Å². The summed E-state index contributed by atoms with van der Waals surface area (Å²) in [5, 5.41) is 5.03. The number of carbonyl (C=O) groups excluding carboxylic acids is 1. The number of fused-ring (bicyclic) bond motifs is 2. The molecule has 0 bridgehead atoms. The Bertz CT molecular complexity index is 1780. The monoisotopic (exact) mass is 573 g/mol. The fourth-order valence-electron chi connectivity index (χ4n) is 5.46. The lowest BCUT2D eigenvalue weighted by Gasteiger charge is -2.18. The Hall–Kier alpha value is -4.08. The molecule has 16 heteroatoms. The molecule has 2 atom stereocenters. The summed E-state index contributed by atoms with van der Waals surface area (Å²) in [6.07, 6.45) is 1.78. The molecule has 0 spiro atoms. The first-order valence-electron chi connectivity index (χ1n) is 12.6. The van der Waals surface area contributed by atoms with Crippen molar-refractivity contribution in [1.82, 2.24) is 33.6 Å². The number of amides is 1. The lowest BCUT2D eigenvalue weighted by Crippen LogP contribution is -2.44. The van der Waals surface area contributed by atoms with E-state index in [0.717, 1.165) is 29.5 Å². The molecule has 1 N–H and O–H groups in total. The number of rotatable bonds is 6. The zero-order chi connectivity index (χ0) is 28.0. The normalized spacial score (nSPS) is 21.1. The van der Waals surface area contributed by atoms with Crippen LogP contribution in [0.4, 0.5) is 24.9 Å². The van der Waals surface area contributed by atoms with E-state index in [2.05, 4.69) is 30.2 Å². The molecule has 12 nitrogen and oxygen atoms in total. The Balaban J connectivity index is 1.13. The molecular formula is C24H22F3N9O3S. The summed E-state index contributed by atoms with van der Waals surface area (Å²) in [7, 11) is 1.23. The van der Waals surface area contributed by atoms with E-state index in [0.29, 0.717) is 29.4 Å². The second kappa shape index (κ2) is 8.46. The van der Waals surface area contributed by atoms with Crippen LogP contribution in [0.1, 0.15) is 19.3 Å². The third-order valence-corrected chi connectivity index (χ3v) is 8.76. The molecule has 40 heavy (non-hydrogen) atoms. The number of hydrogen-bond acceptors (Lipinski definition) is 9. The third kappa shape index (κ3) is 4.00. The van der Waals surface area contributed by atoms with Crippen molar-refractivity contribution >= 4 is 40.2 Å². The van der Waals surface area contributed by atoms with Crippen molar-refractivity contribution in [3.63, 3.8) is 0 Å². The maximum Gasteiger partial charge on any atom is 0.406 e. The molecule has 1 amide bonds. The van der Waals surface area contributed by atoms with E-state index >= 15 is 0 Å². The summed E-state index contributed by atoms with van der Waals surface area (Å²) >= 11 is 1.30. The molecule has 4 aromatic heterocycles. The van der Waals surface area contributed by atoms with Crippen molar-refractivity contribution in [2.24, 2.45) is 18.9 Å². The topological polar surface area (TPSA) is 133 Å². The standard InChI is InChI=1S/C24H22F3N9O3S/c1-33-17-16(19(37)35(22(33)39)10-24(25,26)27)36(11-30-17)23(2-3-23)20(38)32-15-9-40-18(31-15)14-5-28-21(29-6-14)34-7-12-4-13(12)8-34/h5-6,9,11-13H,2-4,7-8,10H2,1H3,(H,32,38). The number of anilines is 2. The smallest absolute Gasteiger partial charge is 0.340 e. The highest BCUT2D eigenvalue weighted by molar-refractivity contribution is 7.13. The number of nitrogens with zero attached hydrogens (tertiary/aromatic N) is 8. The lowest BCUT2D eigenvalue weighted by atomic mass is 10.2. The number of carbonyl (C=O) groups is 1. The van der Waals surface area contributed by atoms with E-state index in [1.54, 1.807) is 17.8 Å². The van der Waals surface area contributed by atoms with Gasteiger partial charge in [0.25, 0.3) is 11.5 Å². The lowest BCUT2D eigenvalue weighted by molar-refractivity contribution is -0.142. The van der Waals surface area contributed by atoms with Gasteiger partial charge in [-0.1, -0.05) is 0 Å². The molecule has 1 aliphatic heterocycles. The van der Waals surface area contributed by atoms with E-state index in [9.17, 15) is 27.6 Å². The first-order chi connectivity index (χ1) is 19.0. The fraction of sp³-hybridized carbons (Fsp3) is 0.458. The molecule has 5 heterocycles. The summed E-state index contributed by atoms with van der Waals surface area (Å²) in [5.41, 5.74) is -3.18. The summed E-state index contributed by atoms with van der Waals surface area (Å²) in [6, 6.07) is 0. The van der Waals surface area contributed by atoms with Gasteiger partial charge in [0.05, 0.1) is 6.33 Å². The van der Waals surface area contributed by atoms with Crippen LogP contribution in [0.25, 0.3) is 21.7 Å². The number of thiazole rings is 1. The minimum absolute atomic E-state index is 0.0992. The average molecular weight is 574 g/mol. The highest BCUT2D eigenvalue weighted by Gasteiger charge is 2.53. The molecule has 3 aliphatic rings. The summed E-state index contributed by atoms with van der Waals surface area (Å²) in [6.45, 7) is 0.222. The minimum Gasteiger partial charge on any atom is -0.340 e. The van der Waals surface area contributed by atoms with Gasteiger partial charge < -0.3 is 14.8 Å². The van der Waals surface area contributed by atoms with Crippen molar-refractivity contribution in [2.45, 2.75) is 37.5 Å². The van der Waals surface area contributed by atoms with E-state index in [-0.39, 0.29) is 21.5 Å². The van der Waals surface area contributed by atoms with Gasteiger partial charge in [0.1, 0.15) is 22.9 Å². The van der Waals surface area contributed by atoms with Crippen LogP contribution < -0.4 is 21.5 Å². The molecule has 0 radical (unpaired) electrons. The van der Waals surface area contributed by atoms with E-state index in [4.69, 9.17) is 0 Å². The molecule has 208 valence electrons. The van der Waals surface area contributed by atoms with Crippen LogP contribution in [0, 0.1) is 11.8 Å². The maximum absolute atomic E-state index is 13.4. The Morgan fingerprint density at radius 3 is 2.50 bits per heavy atom. The predicted octanol–water partition coefficient (Wildman–Crippen LogP) is 1.96. The number of halogens is 3. The molecule has 2 unspecified atom stereocenters. The summed E-state index contributed by atoms with van der Waals surface area (Å²) in [4.78, 5) is 58.6. The van der Waals surface area contributed by atoms with Crippen LogP contribution in [0.2, 0.25) is 0 Å². The number of nitrogens with one attached hydrogen (secondary N) is 1. The summed E-state index contributed by atoms with van der Waals surface area (Å²) in [5.74, 6) is 2.01. The van der Waals surface area contributed by atoms with Gasteiger partial charge >= 0.3 is 11.9 Å². The van der Waals surface area contributed by atoms with Crippen LogP contribution in [0.5, 0.6) is 0 Å². The molecular weight excluding hydrogens is 551 g/mol. The van der Waals surface area contributed by atoms with Crippen molar-refractivity contribution in [3.8, 4) is 10.6 Å². The molecule has 7 rings (SSSR count). The van der Waals surface area contributed by atoms with Gasteiger partial charge in [0.2, 0.25) is 5.95 Å². The highest BCUT2D eigenvalue weighted by Crippen LogP contribution is 2.46. The van der Waals surface area contributed by atoms with Crippen molar-refractivity contribution in [3.05, 3.63) is 44.9 Å². The first kappa shape index (κ1) is 24.9. The van der Waals surface area contributed by atoms with Gasteiger partial charge in [-0.25, -0.2) is 29.3 Å². The molecule has 4 aromatic rings. The fourth-order valence-corrected chi connectivity index (χ4v) is 6.19. The number of piperidine rings is 1. The van der Waals surface area contributed by atoms with Gasteiger partial charge in [-0.15, -0.1) is 11.3 Å². The van der Waals surface area contributed by atoms with Gasteiger partial charge in [-0.05, 0) is 31.1 Å². The second-order valence-electron chi connectivity index (χ2n) is 10.6. The Labute approximate surface area is 227 Å². The molecule has 1 saturated heterocycles. The number of aryl methyl sites for hydroxylation is 1. The van der Waals surface area contributed by atoms with E-state index < -0.39 is 35.4 Å². The van der Waals surface area contributed by atoms with Crippen LogP contribution >= 0.6 is 11.3 Å². The van der Waals surface area contributed by atoms with Gasteiger partial charge in [0, 0.05) is 43.5 Å². The largest absolute Gasteiger partial charge is 0.406 e. The average Bonchev–Trinajstić information content (AvgIpc) is 3.69. The maximum atomic E-state index is 13.4. The van der Waals surface area contributed by atoms with Crippen LogP contribution in [0.3, 0.4) is 0 Å². The SMILES string of the molecule is Cn1c(=O)n(CC(F)(F)F)c(=O)c2c1ncn2C1(C(=O)Nc2csc(-c3cnc(N4CC5CC5C4)nc3)n2)CC1. The minimum atomic E-state index is -4.79. The van der Waals surface area contributed by atoms with Gasteiger partial charge in [-0.3, -0.25) is 14.2 Å². The number of aromatic nitrogens is 7. The quantitative estimate of drug-likeness (QED) is 0.370. The van der Waals surface area contributed by atoms with Crippen molar-refractivity contribution in [1.29, 1.82) is 0 Å². The Morgan fingerprint density at radius 2 is 1.85 bits per heavy atom. The highest BCUT2D eigenvalue weighted by atomic mass is 32.1. The van der Waals surface area contributed by atoms with Gasteiger partial charge in [0.15, 0.2) is 11.2 Å². The molecule has 3 fully saturated rings. The van der Waals surface area contributed by atoms with Crippen LogP contribution in [-0.2, 0) is 23.9 Å². The van der Waals surface area contributed by atoms with Crippen molar-refractivity contribution in [2.75, 3.05) is 23.3 Å². The van der Waals surface area contributed by atoms with Gasteiger partial charge in [-0.2, -0.15) is 13.2 Å². The van der Waals surface area contributed by atoms with Crippen LogP contribution in [-0.4, -0.2) is 58.8 Å². The second-order valence-corrected chi connectivity index (χ2v) is 11.4. The third-order valence-electron chi connectivity index (χ3n) is 7.87. The number of hydrogen-bond donors (Lipinski definition) is 1. The van der Waals surface area contributed by atoms with Crippen molar-refractivity contribution < 1.29 is 18.0 Å². The van der Waals surface area contributed by atoms with E-state index in [1.807, 2.05) is 0 Å². The number of imidazole rings is 1. The Kier molecular flexibility index (Phi) is 5.27. The predicted molar refractivity (Wildman–Crippen MR) is 138 cm³/mol. The van der Waals surface area contributed by atoms with Crippen LogP contribution in [0.15, 0.2) is 33.7 Å². The first-order valence-corrected chi connectivity index (χ1v) is 13.5. The molecule has 0 aromatic carbocycles. The zero-order valence-electron chi connectivity index (χ0n) is 21.1. The molecule has 2 aliphatic carbocycles.